The molecule has 0 radical (unpaired) electrons. The first-order valence-corrected chi connectivity index (χ1v) is 5.15. The van der Waals surface area contributed by atoms with Crippen LogP contribution >= 0.6 is 15.9 Å². The normalized spacial score (nSPS) is 13.1. The van der Waals surface area contributed by atoms with E-state index in [1.165, 1.54) is 22.3 Å². The predicted molar refractivity (Wildman–Crippen MR) is 58.0 cm³/mol. The molecule has 0 nitrogen and oxygen atoms in total. The Balaban J connectivity index is 3.23. The van der Waals surface area contributed by atoms with Crippen LogP contribution in [0.4, 0.5) is 0 Å². The molecule has 1 unspecified atom stereocenters. The van der Waals surface area contributed by atoms with Crippen molar-refractivity contribution in [3.05, 3.63) is 34.4 Å². The summed E-state index contributed by atoms with van der Waals surface area (Å²) in [5.74, 6) is 0. The summed E-state index contributed by atoms with van der Waals surface area (Å²) < 4.78 is 0. The highest BCUT2D eigenvalue weighted by atomic mass is 79.9. The molecule has 0 amide bonds. The maximum absolute atomic E-state index is 3.59. The number of benzene rings is 1. The van der Waals surface area contributed by atoms with Crippen molar-refractivity contribution in [2.45, 2.75) is 32.5 Å². The van der Waals surface area contributed by atoms with E-state index in [0.29, 0.717) is 4.83 Å². The molecule has 0 aromatic heterocycles. The Bertz CT molecular complexity index is 287. The van der Waals surface area contributed by atoms with Crippen molar-refractivity contribution in [1.29, 1.82) is 0 Å². The first-order valence-electron chi connectivity index (χ1n) is 4.24. The van der Waals surface area contributed by atoms with Gasteiger partial charge < -0.3 is 0 Å². The molecule has 0 heterocycles. The van der Waals surface area contributed by atoms with Crippen molar-refractivity contribution < 1.29 is 0 Å². The van der Waals surface area contributed by atoms with E-state index < -0.39 is 0 Å². The van der Waals surface area contributed by atoms with Crippen LogP contribution in [0.1, 0.15) is 34.0 Å². The molecule has 0 saturated heterocycles. The van der Waals surface area contributed by atoms with Gasteiger partial charge in [-0.2, -0.15) is 0 Å². The summed E-state index contributed by atoms with van der Waals surface area (Å²) in [4.78, 5) is 0.455. The zero-order chi connectivity index (χ0) is 9.30. The van der Waals surface area contributed by atoms with E-state index in [2.05, 4.69) is 55.8 Å². The summed E-state index contributed by atoms with van der Waals surface area (Å²) in [6.45, 7) is 8.65. The largest absolute Gasteiger partial charge is 0.0842 e. The van der Waals surface area contributed by atoms with Crippen LogP contribution in [0, 0.1) is 20.8 Å². The van der Waals surface area contributed by atoms with E-state index in [1.807, 2.05) is 0 Å². The average molecular weight is 227 g/mol. The molecular weight excluding hydrogens is 212 g/mol. The van der Waals surface area contributed by atoms with E-state index in [1.54, 1.807) is 0 Å². The molecule has 0 N–H and O–H groups in total. The summed E-state index contributed by atoms with van der Waals surface area (Å²) in [6, 6.07) is 4.52. The number of alkyl halides is 1. The second-order valence-corrected chi connectivity index (χ2v) is 4.78. The minimum atomic E-state index is 0.455. The molecule has 0 fully saturated rings. The fourth-order valence-electron chi connectivity index (χ4n) is 1.41. The van der Waals surface area contributed by atoms with Gasteiger partial charge in [0.05, 0.1) is 0 Å². The van der Waals surface area contributed by atoms with Gasteiger partial charge in [0.1, 0.15) is 0 Å². The van der Waals surface area contributed by atoms with Crippen LogP contribution in [0.3, 0.4) is 0 Å². The van der Waals surface area contributed by atoms with E-state index in [-0.39, 0.29) is 0 Å². The molecule has 1 atom stereocenters. The lowest BCUT2D eigenvalue weighted by Crippen LogP contribution is -1.92. The quantitative estimate of drug-likeness (QED) is 0.634. The second kappa shape index (κ2) is 3.61. The molecule has 66 valence electrons. The van der Waals surface area contributed by atoms with Crippen LogP contribution in [-0.4, -0.2) is 0 Å². The number of halogens is 1. The summed E-state index contributed by atoms with van der Waals surface area (Å²) in [6.07, 6.45) is 0. The van der Waals surface area contributed by atoms with Gasteiger partial charge in [-0.15, -0.1) is 0 Å². The maximum atomic E-state index is 3.59. The van der Waals surface area contributed by atoms with Gasteiger partial charge in [-0.25, -0.2) is 0 Å². The Hall–Kier alpha value is -0.300. The van der Waals surface area contributed by atoms with Crippen molar-refractivity contribution in [2.24, 2.45) is 0 Å². The zero-order valence-electron chi connectivity index (χ0n) is 8.11. The third kappa shape index (κ3) is 1.89. The maximum Gasteiger partial charge on any atom is 0.0369 e. The number of hydrogen-bond donors (Lipinski definition) is 0. The minimum absolute atomic E-state index is 0.455. The van der Waals surface area contributed by atoms with Crippen molar-refractivity contribution >= 4 is 15.9 Å². The highest BCUT2D eigenvalue weighted by Crippen LogP contribution is 2.27. The highest BCUT2D eigenvalue weighted by Gasteiger charge is 2.05. The summed E-state index contributed by atoms with van der Waals surface area (Å²) in [7, 11) is 0. The van der Waals surface area contributed by atoms with Gasteiger partial charge in [0.2, 0.25) is 0 Å². The molecule has 0 bridgehead atoms. The summed E-state index contributed by atoms with van der Waals surface area (Å²) in [5.41, 5.74) is 5.53. The van der Waals surface area contributed by atoms with Crippen LogP contribution in [0.5, 0.6) is 0 Å². The smallest absolute Gasteiger partial charge is 0.0369 e. The SMILES string of the molecule is Cc1cc(C)c(C(C)Br)cc1C. The minimum Gasteiger partial charge on any atom is -0.0842 e. The monoisotopic (exact) mass is 226 g/mol. The van der Waals surface area contributed by atoms with E-state index in [9.17, 15) is 0 Å². The molecule has 0 aliphatic rings. The van der Waals surface area contributed by atoms with Gasteiger partial charge >= 0.3 is 0 Å². The standard InChI is InChI=1S/C11H15Br/c1-7-5-9(3)11(10(4)12)6-8(7)2/h5-6,10H,1-4H3. The van der Waals surface area contributed by atoms with Crippen molar-refractivity contribution in [2.75, 3.05) is 0 Å². The summed E-state index contributed by atoms with van der Waals surface area (Å²) in [5, 5.41) is 0. The van der Waals surface area contributed by atoms with Gasteiger partial charge in [0.25, 0.3) is 0 Å². The van der Waals surface area contributed by atoms with Gasteiger partial charge in [0.15, 0.2) is 0 Å². The molecule has 12 heavy (non-hydrogen) atoms. The predicted octanol–water partition coefficient (Wildman–Crippen LogP) is 4.07. The topological polar surface area (TPSA) is 0 Å². The van der Waals surface area contributed by atoms with Crippen LogP contribution < -0.4 is 0 Å². The van der Waals surface area contributed by atoms with Gasteiger partial charge in [-0.3, -0.25) is 0 Å². The third-order valence-electron chi connectivity index (χ3n) is 2.31. The molecule has 0 saturated carbocycles. The number of aryl methyl sites for hydroxylation is 3. The Morgan fingerprint density at radius 1 is 1.00 bits per heavy atom. The molecule has 1 aromatic carbocycles. The van der Waals surface area contributed by atoms with Crippen LogP contribution in [0.15, 0.2) is 12.1 Å². The van der Waals surface area contributed by atoms with Gasteiger partial charge in [-0.05, 0) is 49.9 Å². The second-order valence-electron chi connectivity index (χ2n) is 3.41. The summed E-state index contributed by atoms with van der Waals surface area (Å²) >= 11 is 3.59. The Kier molecular flexibility index (Phi) is 2.94. The highest BCUT2D eigenvalue weighted by molar-refractivity contribution is 9.09. The molecule has 0 aliphatic carbocycles. The number of rotatable bonds is 1. The lowest BCUT2D eigenvalue weighted by atomic mass is 9.99. The molecule has 0 spiro atoms. The lowest BCUT2D eigenvalue weighted by molar-refractivity contribution is 1.08. The average Bonchev–Trinajstić information content (AvgIpc) is 1.96. The van der Waals surface area contributed by atoms with Gasteiger partial charge in [0, 0.05) is 4.83 Å². The Morgan fingerprint density at radius 3 is 2.00 bits per heavy atom. The van der Waals surface area contributed by atoms with Crippen LogP contribution in [0.2, 0.25) is 0 Å². The van der Waals surface area contributed by atoms with E-state index >= 15 is 0 Å². The molecule has 0 aliphatic heterocycles. The molecular formula is C11H15Br. The van der Waals surface area contributed by atoms with Crippen LogP contribution in [0.25, 0.3) is 0 Å². The zero-order valence-corrected chi connectivity index (χ0v) is 9.70. The van der Waals surface area contributed by atoms with Crippen molar-refractivity contribution in [3.8, 4) is 0 Å². The van der Waals surface area contributed by atoms with Gasteiger partial charge in [-0.1, -0.05) is 28.1 Å². The first kappa shape index (κ1) is 9.79. The van der Waals surface area contributed by atoms with E-state index in [4.69, 9.17) is 0 Å². The fraction of sp³-hybridized carbons (Fsp3) is 0.455. The Morgan fingerprint density at radius 2 is 1.50 bits per heavy atom. The lowest BCUT2D eigenvalue weighted by Gasteiger charge is -2.11. The first-order chi connectivity index (χ1) is 5.52. The molecule has 1 aromatic rings. The van der Waals surface area contributed by atoms with Crippen molar-refractivity contribution in [3.63, 3.8) is 0 Å². The fourth-order valence-corrected chi connectivity index (χ4v) is 1.90. The molecule has 1 rings (SSSR count). The van der Waals surface area contributed by atoms with Crippen LogP contribution in [-0.2, 0) is 0 Å². The Labute approximate surface area is 83.1 Å². The van der Waals surface area contributed by atoms with E-state index in [0.717, 1.165) is 0 Å². The molecule has 1 heteroatoms. The third-order valence-corrected chi connectivity index (χ3v) is 2.80. The van der Waals surface area contributed by atoms with Crippen molar-refractivity contribution in [1.82, 2.24) is 0 Å². The number of hydrogen-bond acceptors (Lipinski definition) is 0.